The highest BCUT2D eigenvalue weighted by atomic mass is 16.5. The van der Waals surface area contributed by atoms with Gasteiger partial charge in [-0.05, 0) is 25.0 Å². The van der Waals surface area contributed by atoms with E-state index in [9.17, 15) is 4.79 Å². The van der Waals surface area contributed by atoms with E-state index in [-0.39, 0.29) is 5.97 Å². The van der Waals surface area contributed by atoms with Gasteiger partial charge in [-0.2, -0.15) is 0 Å². The van der Waals surface area contributed by atoms with Crippen molar-refractivity contribution >= 4 is 5.97 Å². The first kappa shape index (κ1) is 9.06. The quantitative estimate of drug-likeness (QED) is 0.504. The second kappa shape index (κ2) is 3.70. The zero-order chi connectivity index (χ0) is 9.97. The molecule has 1 aromatic carbocycles. The number of benzene rings is 1. The summed E-state index contributed by atoms with van der Waals surface area (Å²) in [6.07, 6.45) is 2.15. The molecule has 0 saturated heterocycles. The smallest absolute Gasteiger partial charge is 0.311 e. The lowest BCUT2D eigenvalue weighted by Gasteiger charge is -2.09. The van der Waals surface area contributed by atoms with Crippen molar-refractivity contribution in [3.8, 4) is 11.5 Å². The minimum atomic E-state index is -0.156. The second-order valence-electron chi connectivity index (χ2n) is 3.26. The third-order valence-electron chi connectivity index (χ3n) is 2.34. The van der Waals surface area contributed by atoms with E-state index in [0.717, 1.165) is 24.2 Å². The maximum atomic E-state index is 11.2. The van der Waals surface area contributed by atoms with Gasteiger partial charge in [0.2, 0.25) is 0 Å². The molecule has 74 valence electrons. The van der Waals surface area contributed by atoms with Crippen molar-refractivity contribution in [2.24, 2.45) is 0 Å². The van der Waals surface area contributed by atoms with Gasteiger partial charge in [0.05, 0.1) is 7.11 Å². The van der Waals surface area contributed by atoms with E-state index in [1.165, 1.54) is 0 Å². The number of fused-ring (bicyclic) bond motifs is 1. The van der Waals surface area contributed by atoms with Crippen LogP contribution in [0.15, 0.2) is 18.2 Å². The van der Waals surface area contributed by atoms with Crippen molar-refractivity contribution in [2.75, 3.05) is 7.11 Å². The van der Waals surface area contributed by atoms with Crippen LogP contribution in [0.25, 0.3) is 0 Å². The summed E-state index contributed by atoms with van der Waals surface area (Å²) >= 11 is 0. The molecule has 1 heterocycles. The van der Waals surface area contributed by atoms with Crippen molar-refractivity contribution in [2.45, 2.75) is 19.3 Å². The third-order valence-corrected chi connectivity index (χ3v) is 2.34. The Hall–Kier alpha value is -1.51. The highest BCUT2D eigenvalue weighted by molar-refractivity contribution is 5.74. The number of esters is 1. The van der Waals surface area contributed by atoms with Gasteiger partial charge >= 0.3 is 5.97 Å². The Morgan fingerprint density at radius 3 is 3.00 bits per heavy atom. The van der Waals surface area contributed by atoms with Crippen LogP contribution in [0.4, 0.5) is 0 Å². The van der Waals surface area contributed by atoms with E-state index >= 15 is 0 Å². The van der Waals surface area contributed by atoms with Gasteiger partial charge in [0.15, 0.2) is 0 Å². The lowest BCUT2D eigenvalue weighted by atomic mass is 10.1. The molecule has 1 aliphatic rings. The van der Waals surface area contributed by atoms with E-state index in [1.807, 2.05) is 12.1 Å². The zero-order valence-corrected chi connectivity index (χ0v) is 8.08. The van der Waals surface area contributed by atoms with Gasteiger partial charge in [0, 0.05) is 12.0 Å². The first-order chi connectivity index (χ1) is 6.81. The molecule has 0 amide bonds. The molecule has 0 spiro atoms. The number of methoxy groups -OCH3 is 1. The van der Waals surface area contributed by atoms with Gasteiger partial charge in [-0.15, -0.1) is 0 Å². The summed E-state index contributed by atoms with van der Waals surface area (Å²) < 4.78 is 10.4. The highest BCUT2D eigenvalue weighted by Crippen LogP contribution is 2.32. The summed E-state index contributed by atoms with van der Waals surface area (Å²) in [5.74, 6) is 1.29. The number of ether oxygens (including phenoxy) is 2. The Bertz CT molecular complexity index is 358. The van der Waals surface area contributed by atoms with Crippen LogP contribution in [-0.4, -0.2) is 13.1 Å². The van der Waals surface area contributed by atoms with Crippen LogP contribution in [0, 0.1) is 0 Å². The van der Waals surface area contributed by atoms with Gasteiger partial charge in [-0.25, -0.2) is 0 Å². The fourth-order valence-corrected chi connectivity index (χ4v) is 1.66. The minimum absolute atomic E-state index is 0.156. The molecular formula is C11H12O3. The molecule has 0 N–H and O–H groups in total. The summed E-state index contributed by atoms with van der Waals surface area (Å²) in [7, 11) is 1.63. The summed E-state index contributed by atoms with van der Waals surface area (Å²) in [5, 5.41) is 0. The minimum Gasteiger partial charge on any atom is -0.496 e. The molecule has 3 nitrogen and oxygen atoms in total. The summed E-state index contributed by atoms with van der Waals surface area (Å²) in [6, 6.07) is 5.52. The van der Waals surface area contributed by atoms with Gasteiger partial charge in [-0.1, -0.05) is 6.07 Å². The van der Waals surface area contributed by atoms with Crippen molar-refractivity contribution < 1.29 is 14.3 Å². The molecule has 0 aliphatic carbocycles. The van der Waals surface area contributed by atoms with Crippen LogP contribution >= 0.6 is 0 Å². The topological polar surface area (TPSA) is 35.5 Å². The molecule has 0 fully saturated rings. The molecule has 0 unspecified atom stereocenters. The van der Waals surface area contributed by atoms with Crippen LogP contribution in [-0.2, 0) is 11.2 Å². The molecule has 0 atom stereocenters. The normalized spacial score (nSPS) is 15.4. The molecule has 1 aliphatic heterocycles. The summed E-state index contributed by atoms with van der Waals surface area (Å²) in [6.45, 7) is 0. The Labute approximate surface area is 82.6 Å². The number of carbonyl (C=O) groups excluding carboxylic acids is 1. The Balaban J connectivity index is 2.43. The van der Waals surface area contributed by atoms with Crippen LogP contribution in [0.1, 0.15) is 18.4 Å². The van der Waals surface area contributed by atoms with Gasteiger partial charge < -0.3 is 9.47 Å². The Morgan fingerprint density at radius 1 is 1.36 bits per heavy atom. The van der Waals surface area contributed by atoms with Crippen molar-refractivity contribution in [1.82, 2.24) is 0 Å². The molecule has 2 rings (SSSR count). The number of hydrogen-bond donors (Lipinski definition) is 0. The van der Waals surface area contributed by atoms with Crippen LogP contribution in [0.5, 0.6) is 11.5 Å². The molecular weight excluding hydrogens is 180 g/mol. The van der Waals surface area contributed by atoms with E-state index in [4.69, 9.17) is 9.47 Å². The average Bonchev–Trinajstić information content (AvgIpc) is 2.37. The summed E-state index contributed by atoms with van der Waals surface area (Å²) in [4.78, 5) is 11.2. The predicted octanol–water partition coefficient (Wildman–Crippen LogP) is 1.94. The number of hydrogen-bond acceptors (Lipinski definition) is 3. The predicted molar refractivity (Wildman–Crippen MR) is 51.6 cm³/mol. The number of carbonyl (C=O) groups is 1. The van der Waals surface area contributed by atoms with E-state index in [2.05, 4.69) is 0 Å². The first-order valence-corrected chi connectivity index (χ1v) is 4.68. The molecule has 0 aromatic heterocycles. The van der Waals surface area contributed by atoms with Gasteiger partial charge in [0.1, 0.15) is 11.5 Å². The van der Waals surface area contributed by atoms with Crippen LogP contribution in [0.3, 0.4) is 0 Å². The second-order valence-corrected chi connectivity index (χ2v) is 3.26. The highest BCUT2D eigenvalue weighted by Gasteiger charge is 2.17. The lowest BCUT2D eigenvalue weighted by molar-refractivity contribution is -0.134. The van der Waals surface area contributed by atoms with Gasteiger partial charge in [-0.3, -0.25) is 4.79 Å². The molecule has 1 aromatic rings. The molecule has 3 heteroatoms. The fourth-order valence-electron chi connectivity index (χ4n) is 1.66. The molecule has 0 radical (unpaired) electrons. The summed E-state index contributed by atoms with van der Waals surface area (Å²) in [5.41, 5.74) is 1.00. The lowest BCUT2D eigenvalue weighted by Crippen LogP contribution is -2.05. The Kier molecular flexibility index (Phi) is 2.39. The molecule has 0 bridgehead atoms. The van der Waals surface area contributed by atoms with E-state index < -0.39 is 0 Å². The standard InChI is InChI=1S/C11H12O3/c1-13-9-5-3-6-10-8(9)4-2-7-11(12)14-10/h3,5-6H,2,4,7H2,1H3. The third kappa shape index (κ3) is 1.58. The van der Waals surface area contributed by atoms with E-state index in [1.54, 1.807) is 13.2 Å². The largest absolute Gasteiger partial charge is 0.496 e. The van der Waals surface area contributed by atoms with E-state index in [0.29, 0.717) is 12.2 Å². The first-order valence-electron chi connectivity index (χ1n) is 4.68. The maximum Gasteiger partial charge on any atom is 0.311 e. The van der Waals surface area contributed by atoms with Crippen LogP contribution < -0.4 is 9.47 Å². The number of rotatable bonds is 1. The van der Waals surface area contributed by atoms with Crippen molar-refractivity contribution in [1.29, 1.82) is 0 Å². The maximum absolute atomic E-state index is 11.2. The monoisotopic (exact) mass is 192 g/mol. The average molecular weight is 192 g/mol. The SMILES string of the molecule is COc1cccc2c1CCCC(=O)O2. The van der Waals surface area contributed by atoms with Gasteiger partial charge in [0.25, 0.3) is 0 Å². The molecule has 14 heavy (non-hydrogen) atoms. The van der Waals surface area contributed by atoms with Crippen LogP contribution in [0.2, 0.25) is 0 Å². The fraction of sp³-hybridized carbons (Fsp3) is 0.364. The zero-order valence-electron chi connectivity index (χ0n) is 8.08. The Morgan fingerprint density at radius 2 is 2.21 bits per heavy atom. The van der Waals surface area contributed by atoms with Crippen molar-refractivity contribution in [3.63, 3.8) is 0 Å². The molecule has 0 saturated carbocycles. The van der Waals surface area contributed by atoms with Crippen molar-refractivity contribution in [3.05, 3.63) is 23.8 Å².